The number of hydrogen-bond donors (Lipinski definition) is 1. The van der Waals surface area contributed by atoms with Gasteiger partial charge in [-0.05, 0) is 24.8 Å². The van der Waals surface area contributed by atoms with Crippen LogP contribution in [-0.4, -0.2) is 6.54 Å². The van der Waals surface area contributed by atoms with Crippen molar-refractivity contribution < 1.29 is 0 Å². The Morgan fingerprint density at radius 3 is 2.29 bits per heavy atom. The lowest BCUT2D eigenvalue weighted by Crippen LogP contribution is -2.29. The SMILES string of the molecule is CC1CC[C@@H]1CN. The van der Waals surface area contributed by atoms with Gasteiger partial charge in [0.05, 0.1) is 0 Å². The van der Waals surface area contributed by atoms with E-state index in [-0.39, 0.29) is 0 Å². The zero-order valence-electron chi connectivity index (χ0n) is 4.85. The van der Waals surface area contributed by atoms with E-state index < -0.39 is 0 Å². The van der Waals surface area contributed by atoms with E-state index in [2.05, 4.69) is 6.92 Å². The highest BCUT2D eigenvalue weighted by Gasteiger charge is 2.24. The molecule has 0 saturated heterocycles. The summed E-state index contributed by atoms with van der Waals surface area (Å²) in [6.45, 7) is 3.18. The predicted molar refractivity (Wildman–Crippen MR) is 30.9 cm³/mol. The summed E-state index contributed by atoms with van der Waals surface area (Å²) in [4.78, 5) is 0. The van der Waals surface area contributed by atoms with Crippen molar-refractivity contribution in [1.82, 2.24) is 0 Å². The lowest BCUT2D eigenvalue weighted by molar-refractivity contribution is 0.205. The molecular formula is C6H13N. The summed E-state index contributed by atoms with van der Waals surface area (Å²) in [5, 5.41) is 0. The molecule has 1 fully saturated rings. The Bertz CT molecular complexity index is 59.2. The summed E-state index contributed by atoms with van der Waals surface area (Å²) >= 11 is 0. The van der Waals surface area contributed by atoms with Gasteiger partial charge >= 0.3 is 0 Å². The van der Waals surface area contributed by atoms with Crippen molar-refractivity contribution in [3.05, 3.63) is 0 Å². The number of nitrogens with two attached hydrogens (primary N) is 1. The van der Waals surface area contributed by atoms with Crippen LogP contribution in [0.3, 0.4) is 0 Å². The second kappa shape index (κ2) is 1.83. The van der Waals surface area contributed by atoms with Crippen molar-refractivity contribution in [3.8, 4) is 0 Å². The second-order valence-corrected chi connectivity index (χ2v) is 2.55. The Morgan fingerprint density at radius 1 is 1.57 bits per heavy atom. The van der Waals surface area contributed by atoms with E-state index in [1.54, 1.807) is 0 Å². The summed E-state index contributed by atoms with van der Waals surface area (Å²) in [6.07, 6.45) is 2.78. The third kappa shape index (κ3) is 0.778. The van der Waals surface area contributed by atoms with Crippen LogP contribution in [0.25, 0.3) is 0 Å². The second-order valence-electron chi connectivity index (χ2n) is 2.55. The van der Waals surface area contributed by atoms with Gasteiger partial charge in [0.2, 0.25) is 0 Å². The standard InChI is InChI=1S/C6H13N/c1-5-2-3-6(5)4-7/h5-6H,2-4,7H2,1H3/t5?,6-/m1/s1. The smallest absolute Gasteiger partial charge is 0.00463 e. The van der Waals surface area contributed by atoms with Crippen molar-refractivity contribution in [2.75, 3.05) is 6.54 Å². The molecule has 0 heterocycles. The van der Waals surface area contributed by atoms with Gasteiger partial charge in [0.25, 0.3) is 0 Å². The normalized spacial score (nSPS) is 40.3. The molecule has 0 aromatic rings. The summed E-state index contributed by atoms with van der Waals surface area (Å²) < 4.78 is 0. The van der Waals surface area contributed by atoms with Crippen molar-refractivity contribution in [1.29, 1.82) is 0 Å². The largest absolute Gasteiger partial charge is 0.330 e. The molecule has 1 nitrogen and oxygen atoms in total. The molecule has 1 unspecified atom stereocenters. The van der Waals surface area contributed by atoms with Crippen LogP contribution in [0.5, 0.6) is 0 Å². The Balaban J connectivity index is 2.16. The van der Waals surface area contributed by atoms with Gasteiger partial charge in [-0.1, -0.05) is 13.3 Å². The van der Waals surface area contributed by atoms with Crippen LogP contribution in [0.4, 0.5) is 0 Å². The van der Waals surface area contributed by atoms with E-state index in [1.807, 2.05) is 0 Å². The Kier molecular flexibility index (Phi) is 1.33. The molecule has 0 bridgehead atoms. The first-order valence-corrected chi connectivity index (χ1v) is 3.04. The topological polar surface area (TPSA) is 26.0 Å². The van der Waals surface area contributed by atoms with Crippen molar-refractivity contribution in [2.45, 2.75) is 19.8 Å². The molecule has 0 aromatic heterocycles. The van der Waals surface area contributed by atoms with Gasteiger partial charge < -0.3 is 5.73 Å². The summed E-state index contributed by atoms with van der Waals surface area (Å²) in [5.74, 6) is 1.78. The minimum atomic E-state index is 0.861. The highest BCUT2D eigenvalue weighted by molar-refractivity contribution is 4.77. The van der Waals surface area contributed by atoms with Crippen LogP contribution in [0.15, 0.2) is 0 Å². The molecular weight excluding hydrogens is 86.1 g/mol. The van der Waals surface area contributed by atoms with Crippen molar-refractivity contribution in [3.63, 3.8) is 0 Å². The quantitative estimate of drug-likeness (QED) is 0.521. The Labute approximate surface area is 44.9 Å². The first kappa shape index (κ1) is 5.10. The van der Waals surface area contributed by atoms with Crippen LogP contribution in [0.2, 0.25) is 0 Å². The minimum absolute atomic E-state index is 0.861. The Morgan fingerprint density at radius 2 is 2.29 bits per heavy atom. The molecule has 2 atom stereocenters. The monoisotopic (exact) mass is 99.1 g/mol. The summed E-state index contributed by atoms with van der Waals surface area (Å²) in [6, 6.07) is 0. The van der Waals surface area contributed by atoms with Gasteiger partial charge in [-0.15, -0.1) is 0 Å². The van der Waals surface area contributed by atoms with E-state index in [0.29, 0.717) is 0 Å². The molecule has 1 aliphatic carbocycles. The number of rotatable bonds is 1. The average molecular weight is 99.2 g/mol. The van der Waals surface area contributed by atoms with Gasteiger partial charge in [-0.25, -0.2) is 0 Å². The molecule has 0 aliphatic heterocycles. The molecule has 0 spiro atoms. The molecule has 0 radical (unpaired) electrons. The fourth-order valence-corrected chi connectivity index (χ4v) is 1.09. The summed E-state index contributed by atoms with van der Waals surface area (Å²) in [5.41, 5.74) is 5.42. The molecule has 1 rings (SSSR count). The maximum absolute atomic E-state index is 5.42. The predicted octanol–water partition coefficient (Wildman–Crippen LogP) is 0.991. The molecule has 0 aromatic carbocycles. The molecule has 2 N–H and O–H groups in total. The van der Waals surface area contributed by atoms with Crippen LogP contribution in [0, 0.1) is 11.8 Å². The van der Waals surface area contributed by atoms with Crippen LogP contribution in [-0.2, 0) is 0 Å². The Hall–Kier alpha value is -0.0400. The molecule has 0 amide bonds. The summed E-state index contributed by atoms with van der Waals surface area (Å²) in [7, 11) is 0. The lowest BCUT2D eigenvalue weighted by Gasteiger charge is -2.32. The van der Waals surface area contributed by atoms with Gasteiger partial charge in [0, 0.05) is 0 Å². The molecule has 42 valence electrons. The lowest BCUT2D eigenvalue weighted by atomic mass is 9.75. The van der Waals surface area contributed by atoms with Crippen LogP contribution < -0.4 is 5.73 Å². The third-order valence-corrected chi connectivity index (χ3v) is 2.10. The van der Waals surface area contributed by atoms with Crippen molar-refractivity contribution in [2.24, 2.45) is 17.6 Å². The molecule has 1 heteroatoms. The molecule has 1 saturated carbocycles. The number of hydrogen-bond acceptors (Lipinski definition) is 1. The average Bonchev–Trinajstić information content (AvgIpc) is 1.65. The third-order valence-electron chi connectivity index (χ3n) is 2.10. The first-order valence-electron chi connectivity index (χ1n) is 3.04. The van der Waals surface area contributed by atoms with E-state index in [1.165, 1.54) is 12.8 Å². The van der Waals surface area contributed by atoms with E-state index in [9.17, 15) is 0 Å². The maximum atomic E-state index is 5.42. The minimum Gasteiger partial charge on any atom is -0.330 e. The van der Waals surface area contributed by atoms with Gasteiger partial charge in [-0.3, -0.25) is 0 Å². The fourth-order valence-electron chi connectivity index (χ4n) is 1.09. The van der Waals surface area contributed by atoms with Crippen LogP contribution in [0.1, 0.15) is 19.8 Å². The van der Waals surface area contributed by atoms with E-state index >= 15 is 0 Å². The molecule has 1 aliphatic rings. The van der Waals surface area contributed by atoms with E-state index in [4.69, 9.17) is 5.73 Å². The van der Waals surface area contributed by atoms with Gasteiger partial charge in [0.1, 0.15) is 0 Å². The van der Waals surface area contributed by atoms with Gasteiger partial charge in [-0.2, -0.15) is 0 Å². The molecule has 7 heavy (non-hydrogen) atoms. The van der Waals surface area contributed by atoms with Crippen molar-refractivity contribution >= 4 is 0 Å². The van der Waals surface area contributed by atoms with Crippen LogP contribution >= 0.6 is 0 Å². The fraction of sp³-hybridized carbons (Fsp3) is 1.00. The van der Waals surface area contributed by atoms with E-state index in [0.717, 1.165) is 18.4 Å². The highest BCUT2D eigenvalue weighted by Crippen LogP contribution is 2.31. The highest BCUT2D eigenvalue weighted by atomic mass is 14.6. The zero-order chi connectivity index (χ0) is 5.28. The van der Waals surface area contributed by atoms with Gasteiger partial charge in [0.15, 0.2) is 0 Å². The first-order chi connectivity index (χ1) is 3.34. The zero-order valence-corrected chi connectivity index (χ0v) is 4.85. The maximum Gasteiger partial charge on any atom is -0.00463 e.